The van der Waals surface area contributed by atoms with Gasteiger partial charge in [-0.25, -0.2) is 0 Å². The van der Waals surface area contributed by atoms with E-state index in [1.165, 1.54) is 10.4 Å². The first-order valence-corrected chi connectivity index (χ1v) is 4.58. The summed E-state index contributed by atoms with van der Waals surface area (Å²) in [6.45, 7) is 2.12. The first-order valence-electron chi connectivity index (χ1n) is 3.76. The highest BCUT2D eigenvalue weighted by Gasteiger charge is 2.12. The molecular weight excluding hydrogens is 194 g/mol. The second kappa shape index (κ2) is 4.12. The van der Waals surface area contributed by atoms with E-state index < -0.39 is 0 Å². The summed E-state index contributed by atoms with van der Waals surface area (Å²) in [5.74, 6) is 0. The highest BCUT2D eigenvalue weighted by Crippen LogP contribution is 2.30. The van der Waals surface area contributed by atoms with Crippen molar-refractivity contribution in [3.8, 4) is 5.06 Å². The van der Waals surface area contributed by atoms with Crippen LogP contribution in [0.4, 0.5) is 0 Å². The van der Waals surface area contributed by atoms with Crippen LogP contribution in [0.3, 0.4) is 0 Å². The zero-order valence-corrected chi connectivity index (χ0v) is 8.56. The molecule has 1 aromatic heterocycles. The molecule has 0 amide bonds. The molecule has 1 N–H and O–H groups in total. The summed E-state index contributed by atoms with van der Waals surface area (Å²) in [6, 6.07) is 2.13. The van der Waals surface area contributed by atoms with E-state index in [4.69, 9.17) is 4.74 Å². The van der Waals surface area contributed by atoms with Crippen molar-refractivity contribution in [3.63, 3.8) is 0 Å². The van der Waals surface area contributed by atoms with Crippen LogP contribution >= 0.6 is 23.7 Å². The van der Waals surface area contributed by atoms with Crippen molar-refractivity contribution in [2.45, 2.75) is 13.0 Å². The molecular formula is C8H12ClNOS. The second-order valence-corrected chi connectivity index (χ2v) is 3.74. The lowest BCUT2D eigenvalue weighted by Crippen LogP contribution is -2.21. The molecule has 1 aromatic rings. The summed E-state index contributed by atoms with van der Waals surface area (Å²) in [5.41, 5.74) is 1.41. The Hall–Kier alpha value is -0.250. The minimum atomic E-state index is 0. The van der Waals surface area contributed by atoms with Gasteiger partial charge in [-0.3, -0.25) is 0 Å². The van der Waals surface area contributed by atoms with Crippen LogP contribution in [-0.2, 0) is 13.0 Å². The van der Waals surface area contributed by atoms with Gasteiger partial charge in [-0.05, 0) is 18.1 Å². The van der Waals surface area contributed by atoms with Crippen LogP contribution in [0.15, 0.2) is 6.07 Å². The number of fused-ring (bicyclic) bond motifs is 1. The largest absolute Gasteiger partial charge is 0.487 e. The smallest absolute Gasteiger partial charge is 0.173 e. The van der Waals surface area contributed by atoms with Gasteiger partial charge in [0.15, 0.2) is 5.06 Å². The fourth-order valence-electron chi connectivity index (χ4n) is 1.33. The Bertz CT molecular complexity index is 238. The number of halogens is 1. The van der Waals surface area contributed by atoms with E-state index in [1.807, 2.05) is 0 Å². The molecule has 0 aliphatic carbocycles. The Morgan fingerprint density at radius 1 is 1.58 bits per heavy atom. The van der Waals surface area contributed by atoms with Crippen LogP contribution in [0.25, 0.3) is 0 Å². The lowest BCUT2D eigenvalue weighted by molar-refractivity contribution is 0.427. The summed E-state index contributed by atoms with van der Waals surface area (Å²) < 4.78 is 5.16. The zero-order chi connectivity index (χ0) is 7.68. The first kappa shape index (κ1) is 9.84. The number of hydrogen-bond donors (Lipinski definition) is 1. The van der Waals surface area contributed by atoms with Gasteiger partial charge in [-0.1, -0.05) is 0 Å². The Morgan fingerprint density at radius 3 is 3.08 bits per heavy atom. The fourth-order valence-corrected chi connectivity index (χ4v) is 2.32. The van der Waals surface area contributed by atoms with Gasteiger partial charge in [0.25, 0.3) is 0 Å². The maximum Gasteiger partial charge on any atom is 0.173 e. The lowest BCUT2D eigenvalue weighted by atomic mass is 10.1. The van der Waals surface area contributed by atoms with Crippen molar-refractivity contribution in [2.75, 3.05) is 13.7 Å². The molecule has 0 aromatic carbocycles. The summed E-state index contributed by atoms with van der Waals surface area (Å²) in [5, 5.41) is 4.37. The Balaban J connectivity index is 0.000000720. The van der Waals surface area contributed by atoms with Gasteiger partial charge in [0.2, 0.25) is 0 Å². The van der Waals surface area contributed by atoms with Gasteiger partial charge in [-0.15, -0.1) is 23.7 Å². The van der Waals surface area contributed by atoms with E-state index in [2.05, 4.69) is 11.4 Å². The molecule has 2 heterocycles. The predicted octanol–water partition coefficient (Wildman–Crippen LogP) is 1.82. The Morgan fingerprint density at radius 2 is 2.42 bits per heavy atom. The van der Waals surface area contributed by atoms with Gasteiger partial charge in [0.05, 0.1) is 7.11 Å². The topological polar surface area (TPSA) is 21.3 Å². The van der Waals surface area contributed by atoms with Gasteiger partial charge >= 0.3 is 0 Å². The van der Waals surface area contributed by atoms with Gasteiger partial charge in [0, 0.05) is 18.0 Å². The molecule has 12 heavy (non-hydrogen) atoms. The standard InChI is InChI=1S/C8H11NOS.ClH/c1-10-8-4-6-5-9-3-2-7(6)11-8;/h4,9H,2-3,5H2,1H3;1H. The molecule has 0 spiro atoms. The monoisotopic (exact) mass is 205 g/mol. The van der Waals surface area contributed by atoms with Crippen molar-refractivity contribution >= 4 is 23.7 Å². The number of hydrogen-bond acceptors (Lipinski definition) is 3. The van der Waals surface area contributed by atoms with Gasteiger partial charge in [0.1, 0.15) is 0 Å². The number of ether oxygens (including phenoxy) is 1. The third kappa shape index (κ3) is 1.73. The fraction of sp³-hybridized carbons (Fsp3) is 0.500. The average Bonchev–Trinajstić information content (AvgIpc) is 2.46. The maximum absolute atomic E-state index is 5.16. The van der Waals surface area contributed by atoms with Crippen LogP contribution in [-0.4, -0.2) is 13.7 Å². The zero-order valence-electron chi connectivity index (χ0n) is 6.92. The molecule has 0 bridgehead atoms. The first-order chi connectivity index (χ1) is 5.40. The SMILES string of the molecule is COc1cc2c(s1)CCNC2.Cl. The molecule has 4 heteroatoms. The molecule has 1 aliphatic rings. The summed E-state index contributed by atoms with van der Waals surface area (Å²) >= 11 is 1.77. The minimum absolute atomic E-state index is 0. The average molecular weight is 206 g/mol. The summed E-state index contributed by atoms with van der Waals surface area (Å²) in [6.07, 6.45) is 1.16. The normalized spacial score (nSPS) is 14.8. The number of nitrogens with one attached hydrogen (secondary N) is 1. The third-order valence-electron chi connectivity index (χ3n) is 1.92. The van der Waals surface area contributed by atoms with Crippen molar-refractivity contribution in [2.24, 2.45) is 0 Å². The van der Waals surface area contributed by atoms with Crippen molar-refractivity contribution < 1.29 is 4.74 Å². The van der Waals surface area contributed by atoms with Crippen LogP contribution in [0.1, 0.15) is 10.4 Å². The van der Waals surface area contributed by atoms with Gasteiger partial charge in [-0.2, -0.15) is 0 Å². The molecule has 2 rings (SSSR count). The highest BCUT2D eigenvalue weighted by atomic mass is 35.5. The number of methoxy groups -OCH3 is 1. The third-order valence-corrected chi connectivity index (χ3v) is 3.12. The molecule has 0 unspecified atom stereocenters. The predicted molar refractivity (Wildman–Crippen MR) is 53.5 cm³/mol. The number of thiophene rings is 1. The van der Waals surface area contributed by atoms with Crippen LogP contribution in [0.5, 0.6) is 5.06 Å². The minimum Gasteiger partial charge on any atom is -0.487 e. The molecule has 0 saturated heterocycles. The van der Waals surface area contributed by atoms with Crippen molar-refractivity contribution in [1.82, 2.24) is 5.32 Å². The molecule has 0 atom stereocenters. The van der Waals surface area contributed by atoms with E-state index >= 15 is 0 Å². The van der Waals surface area contributed by atoms with Gasteiger partial charge < -0.3 is 10.1 Å². The molecule has 68 valence electrons. The van der Waals surface area contributed by atoms with E-state index in [9.17, 15) is 0 Å². The van der Waals surface area contributed by atoms with Crippen LogP contribution in [0.2, 0.25) is 0 Å². The number of rotatable bonds is 1. The summed E-state index contributed by atoms with van der Waals surface area (Å²) in [7, 11) is 1.73. The van der Waals surface area contributed by atoms with Crippen LogP contribution in [0, 0.1) is 0 Å². The maximum atomic E-state index is 5.16. The van der Waals surface area contributed by atoms with E-state index in [0.29, 0.717) is 0 Å². The van der Waals surface area contributed by atoms with E-state index in [-0.39, 0.29) is 12.4 Å². The molecule has 0 saturated carbocycles. The molecule has 0 fully saturated rings. The second-order valence-electron chi connectivity index (χ2n) is 2.64. The molecule has 0 radical (unpaired) electrons. The van der Waals surface area contributed by atoms with E-state index in [0.717, 1.165) is 24.6 Å². The van der Waals surface area contributed by atoms with E-state index in [1.54, 1.807) is 18.4 Å². The van der Waals surface area contributed by atoms with Crippen molar-refractivity contribution in [3.05, 3.63) is 16.5 Å². The van der Waals surface area contributed by atoms with Crippen molar-refractivity contribution in [1.29, 1.82) is 0 Å². The van der Waals surface area contributed by atoms with Crippen LogP contribution < -0.4 is 10.1 Å². The molecule has 1 aliphatic heterocycles. The molecule has 2 nitrogen and oxygen atoms in total. The quantitative estimate of drug-likeness (QED) is 0.756. The highest BCUT2D eigenvalue weighted by molar-refractivity contribution is 7.14. The summed E-state index contributed by atoms with van der Waals surface area (Å²) in [4.78, 5) is 1.49. The Kier molecular flexibility index (Phi) is 3.38. The Labute approximate surface area is 82.3 Å². The lowest BCUT2D eigenvalue weighted by Gasteiger charge is -2.10.